The van der Waals surface area contributed by atoms with Crippen LogP contribution in [0.1, 0.15) is 66.9 Å². The fourth-order valence-corrected chi connectivity index (χ4v) is 2.89. The van der Waals surface area contributed by atoms with Gasteiger partial charge in [-0.3, -0.25) is 33.7 Å². The second-order valence-corrected chi connectivity index (χ2v) is 8.23. The van der Waals surface area contributed by atoms with Gasteiger partial charge in [-0.25, -0.2) is 4.79 Å². The molecule has 0 saturated carbocycles. The zero-order valence-corrected chi connectivity index (χ0v) is 26.1. The molecular formula is C29H46N6O8. The number of nitrogens with zero attached hydrogens (tertiary/aromatic N) is 1. The van der Waals surface area contributed by atoms with Gasteiger partial charge in [0.15, 0.2) is 0 Å². The standard InChI is InChI=1S/C21H24N4O7.C4H10N2O.2C2H6/c1-13(23-17(27)9-10-25-19(29)7-8-20(25)30)21(31)22-11-18(28)24-16-5-3-15(4-6-16)12-32-14(2)26;1-2-3-6-4(5)7;2*1-2/h3-8,13H,9-12H2,1-2H3,(H,22,31)(H,23,27)(H,24,28);2-3H2,1H3,(H3,5,6,7);2*1-2H3. The second-order valence-electron chi connectivity index (χ2n) is 8.23. The molecule has 14 heteroatoms. The van der Waals surface area contributed by atoms with Crippen molar-refractivity contribution in [2.75, 3.05) is 25.0 Å². The molecule has 1 atom stereocenters. The molecule has 0 aromatic heterocycles. The molecule has 43 heavy (non-hydrogen) atoms. The van der Waals surface area contributed by atoms with Crippen molar-refractivity contribution in [2.24, 2.45) is 5.73 Å². The van der Waals surface area contributed by atoms with Crippen LogP contribution in [0, 0.1) is 0 Å². The number of nitrogens with one attached hydrogen (secondary N) is 4. The highest BCUT2D eigenvalue weighted by molar-refractivity contribution is 6.13. The summed E-state index contributed by atoms with van der Waals surface area (Å²) in [5, 5.41) is 9.89. The third-order valence-electron chi connectivity index (χ3n) is 4.89. The Morgan fingerprint density at radius 1 is 0.907 bits per heavy atom. The van der Waals surface area contributed by atoms with Gasteiger partial charge in [-0.15, -0.1) is 0 Å². The number of hydrogen-bond acceptors (Lipinski definition) is 8. The Labute approximate surface area is 253 Å². The van der Waals surface area contributed by atoms with E-state index in [4.69, 9.17) is 10.5 Å². The lowest BCUT2D eigenvalue weighted by atomic mass is 10.2. The number of carbonyl (C=O) groups is 7. The number of esters is 1. The number of imide groups is 1. The monoisotopic (exact) mass is 606 g/mol. The van der Waals surface area contributed by atoms with E-state index in [0.29, 0.717) is 12.2 Å². The summed E-state index contributed by atoms with van der Waals surface area (Å²) in [5.74, 6) is -2.92. The summed E-state index contributed by atoms with van der Waals surface area (Å²) in [6.45, 7) is 13.1. The van der Waals surface area contributed by atoms with E-state index in [0.717, 1.165) is 29.0 Å². The van der Waals surface area contributed by atoms with Crippen molar-refractivity contribution in [1.29, 1.82) is 0 Å². The fourth-order valence-electron chi connectivity index (χ4n) is 2.89. The second kappa shape index (κ2) is 23.9. The van der Waals surface area contributed by atoms with Crippen LogP contribution < -0.4 is 27.0 Å². The van der Waals surface area contributed by atoms with E-state index < -0.39 is 47.6 Å². The van der Waals surface area contributed by atoms with Gasteiger partial charge in [0, 0.05) is 44.3 Å². The predicted octanol–water partition coefficient (Wildman–Crippen LogP) is 1.74. The van der Waals surface area contributed by atoms with Gasteiger partial charge in [0.05, 0.1) is 6.54 Å². The van der Waals surface area contributed by atoms with Gasteiger partial charge < -0.3 is 31.7 Å². The molecule has 0 saturated heterocycles. The Bertz CT molecular complexity index is 1070. The molecule has 0 radical (unpaired) electrons. The Hall–Kier alpha value is -4.75. The number of primary amides is 1. The van der Waals surface area contributed by atoms with E-state index in [1.54, 1.807) is 24.3 Å². The molecule has 1 aliphatic rings. The molecule has 1 aliphatic heterocycles. The van der Waals surface area contributed by atoms with Crippen molar-refractivity contribution < 1.29 is 38.3 Å². The summed E-state index contributed by atoms with van der Waals surface area (Å²) in [4.78, 5) is 80.6. The number of rotatable bonds is 12. The van der Waals surface area contributed by atoms with Crippen LogP contribution >= 0.6 is 0 Å². The number of benzene rings is 1. The fraction of sp³-hybridized carbons (Fsp3) is 0.483. The van der Waals surface area contributed by atoms with Gasteiger partial charge >= 0.3 is 12.0 Å². The van der Waals surface area contributed by atoms with Gasteiger partial charge in [-0.1, -0.05) is 46.8 Å². The molecule has 1 aromatic rings. The molecular weight excluding hydrogens is 560 g/mol. The van der Waals surface area contributed by atoms with Crippen LogP contribution in [0.5, 0.6) is 0 Å². The Morgan fingerprint density at radius 3 is 1.93 bits per heavy atom. The van der Waals surface area contributed by atoms with Crippen molar-refractivity contribution in [3.63, 3.8) is 0 Å². The predicted molar refractivity (Wildman–Crippen MR) is 162 cm³/mol. The summed E-state index contributed by atoms with van der Waals surface area (Å²) >= 11 is 0. The Kier molecular flexibility index (Phi) is 22.5. The average Bonchev–Trinajstić information content (AvgIpc) is 3.31. The number of amides is 7. The SMILES string of the molecule is CC.CC.CC(=O)OCc1ccc(NC(=O)CNC(=O)C(C)NC(=O)CCN2C(=O)C=CC2=O)cc1.CCCNC(N)=O. The minimum Gasteiger partial charge on any atom is -0.461 e. The summed E-state index contributed by atoms with van der Waals surface area (Å²) in [6.07, 6.45) is 3.03. The van der Waals surface area contributed by atoms with E-state index >= 15 is 0 Å². The van der Waals surface area contributed by atoms with Crippen LogP contribution in [0.3, 0.4) is 0 Å². The van der Waals surface area contributed by atoms with Crippen molar-refractivity contribution in [3.8, 4) is 0 Å². The molecule has 1 heterocycles. The molecule has 1 unspecified atom stereocenters. The lowest BCUT2D eigenvalue weighted by Crippen LogP contribution is -2.47. The smallest absolute Gasteiger partial charge is 0.312 e. The number of anilines is 1. The summed E-state index contributed by atoms with van der Waals surface area (Å²) in [6, 6.07) is 5.28. The number of nitrogens with two attached hydrogens (primary N) is 1. The van der Waals surface area contributed by atoms with Gasteiger partial charge in [0.2, 0.25) is 17.7 Å². The van der Waals surface area contributed by atoms with E-state index in [-0.39, 0.29) is 26.1 Å². The maximum Gasteiger partial charge on any atom is 0.312 e. The summed E-state index contributed by atoms with van der Waals surface area (Å²) in [7, 11) is 0. The lowest BCUT2D eigenvalue weighted by Gasteiger charge is -2.16. The number of hydrogen-bond donors (Lipinski definition) is 5. The van der Waals surface area contributed by atoms with E-state index in [1.807, 2.05) is 34.6 Å². The first-order valence-electron chi connectivity index (χ1n) is 14.1. The summed E-state index contributed by atoms with van der Waals surface area (Å²) < 4.78 is 4.88. The maximum atomic E-state index is 12.1. The number of urea groups is 1. The molecule has 7 amide bonds. The van der Waals surface area contributed by atoms with Crippen LogP contribution in [0.2, 0.25) is 0 Å². The molecule has 2 rings (SSSR count). The van der Waals surface area contributed by atoms with E-state index in [9.17, 15) is 33.6 Å². The zero-order chi connectivity index (χ0) is 33.4. The first kappa shape index (κ1) is 40.4. The van der Waals surface area contributed by atoms with Crippen LogP contribution in [0.25, 0.3) is 0 Å². The van der Waals surface area contributed by atoms with Gasteiger partial charge in [-0.2, -0.15) is 0 Å². The highest BCUT2D eigenvalue weighted by atomic mass is 16.5. The minimum atomic E-state index is -0.918. The molecule has 6 N–H and O–H groups in total. The highest BCUT2D eigenvalue weighted by Gasteiger charge is 2.24. The summed E-state index contributed by atoms with van der Waals surface area (Å²) in [5.41, 5.74) is 5.98. The molecule has 14 nitrogen and oxygen atoms in total. The number of carbonyl (C=O) groups excluding carboxylic acids is 7. The third kappa shape index (κ3) is 19.1. The van der Waals surface area contributed by atoms with Gasteiger partial charge in [-0.05, 0) is 31.0 Å². The molecule has 240 valence electrons. The van der Waals surface area contributed by atoms with Crippen molar-refractivity contribution in [2.45, 2.75) is 74.0 Å². The van der Waals surface area contributed by atoms with Crippen molar-refractivity contribution in [3.05, 3.63) is 42.0 Å². The highest BCUT2D eigenvalue weighted by Crippen LogP contribution is 2.10. The molecule has 0 fully saturated rings. The number of ether oxygens (including phenoxy) is 1. The van der Waals surface area contributed by atoms with E-state index in [1.165, 1.54) is 13.8 Å². The first-order chi connectivity index (χ1) is 20.4. The molecule has 0 bridgehead atoms. The first-order valence-corrected chi connectivity index (χ1v) is 14.1. The van der Waals surface area contributed by atoms with E-state index in [2.05, 4.69) is 21.3 Å². The quantitative estimate of drug-likeness (QED) is 0.175. The topological polar surface area (TPSA) is 206 Å². The third-order valence-corrected chi connectivity index (χ3v) is 4.89. The Balaban J connectivity index is 0. The lowest BCUT2D eigenvalue weighted by molar-refractivity contribution is -0.142. The Morgan fingerprint density at radius 2 is 1.47 bits per heavy atom. The normalized spacial score (nSPS) is 11.7. The van der Waals surface area contributed by atoms with Crippen molar-refractivity contribution >= 4 is 47.2 Å². The van der Waals surface area contributed by atoms with Crippen LogP contribution in [-0.4, -0.2) is 72.1 Å². The minimum absolute atomic E-state index is 0.0904. The van der Waals surface area contributed by atoms with Crippen LogP contribution in [0.15, 0.2) is 36.4 Å². The zero-order valence-electron chi connectivity index (χ0n) is 26.1. The van der Waals surface area contributed by atoms with Gasteiger partial charge in [0.25, 0.3) is 11.8 Å². The molecule has 0 spiro atoms. The van der Waals surface area contributed by atoms with Gasteiger partial charge in [0.1, 0.15) is 12.6 Å². The van der Waals surface area contributed by atoms with Crippen molar-refractivity contribution in [1.82, 2.24) is 20.9 Å². The average molecular weight is 607 g/mol. The molecule has 0 aliphatic carbocycles. The van der Waals surface area contributed by atoms with Crippen LogP contribution in [0.4, 0.5) is 10.5 Å². The molecule has 1 aromatic carbocycles. The maximum absolute atomic E-state index is 12.1. The largest absolute Gasteiger partial charge is 0.461 e. The van der Waals surface area contributed by atoms with Crippen LogP contribution in [-0.2, 0) is 40.1 Å².